The number of carbonyl (C=O) groups is 2. The highest BCUT2D eigenvalue weighted by Crippen LogP contribution is 2.18. The molecule has 0 aromatic heterocycles. The van der Waals surface area contributed by atoms with Crippen LogP contribution in [0.5, 0.6) is 0 Å². The molecule has 1 amide bonds. The number of hydrogen-bond acceptors (Lipinski definition) is 5. The Morgan fingerprint density at radius 2 is 0.631 bits per heavy atom. The molecule has 0 fully saturated rings. The van der Waals surface area contributed by atoms with Crippen molar-refractivity contribution in [2.24, 2.45) is 0 Å². The minimum absolute atomic E-state index is 0.00350. The van der Waals surface area contributed by atoms with E-state index in [0.29, 0.717) is 25.9 Å². The van der Waals surface area contributed by atoms with Gasteiger partial charge in [-0.25, -0.2) is 0 Å². The Balaban J connectivity index is 3.42. The lowest BCUT2D eigenvalue weighted by Crippen LogP contribution is -2.45. The van der Waals surface area contributed by atoms with Crippen molar-refractivity contribution >= 4 is 11.9 Å². The fourth-order valence-corrected chi connectivity index (χ4v) is 9.58. The molecular weight excluding hydrogens is 803 g/mol. The van der Waals surface area contributed by atoms with Crippen molar-refractivity contribution in [3.8, 4) is 0 Å². The van der Waals surface area contributed by atoms with Crippen LogP contribution in [0.3, 0.4) is 0 Å². The van der Waals surface area contributed by atoms with Gasteiger partial charge in [-0.2, -0.15) is 0 Å². The van der Waals surface area contributed by atoms with Gasteiger partial charge < -0.3 is 20.3 Å². The molecule has 0 aromatic rings. The maximum Gasteiger partial charge on any atom is 0.305 e. The number of ether oxygens (including phenoxy) is 1. The summed E-state index contributed by atoms with van der Waals surface area (Å²) in [6.07, 6.45) is 63.8. The van der Waals surface area contributed by atoms with Crippen LogP contribution in [0.2, 0.25) is 0 Å². The van der Waals surface area contributed by atoms with E-state index in [4.69, 9.17) is 4.74 Å². The van der Waals surface area contributed by atoms with Crippen LogP contribution in [-0.2, 0) is 14.3 Å². The zero-order valence-electron chi connectivity index (χ0n) is 44.3. The SMILES string of the molecule is CCCCCCCCCCCCCCCCCCCCCCC(O)C(CO)NC(=O)CCCCCCCCCCCCCCCCCOC(=O)CCCCCCCCCCCCCCC. The monoisotopic (exact) mass is 920 g/mol. The van der Waals surface area contributed by atoms with Gasteiger partial charge in [0.1, 0.15) is 0 Å². The number of carbonyl (C=O) groups excluding carboxylic acids is 2. The topological polar surface area (TPSA) is 95.9 Å². The predicted molar refractivity (Wildman–Crippen MR) is 283 cm³/mol. The highest BCUT2D eigenvalue weighted by molar-refractivity contribution is 5.76. The van der Waals surface area contributed by atoms with E-state index in [9.17, 15) is 19.8 Å². The van der Waals surface area contributed by atoms with E-state index in [-0.39, 0.29) is 18.5 Å². The van der Waals surface area contributed by atoms with Crippen molar-refractivity contribution in [3.63, 3.8) is 0 Å². The van der Waals surface area contributed by atoms with Crippen LogP contribution >= 0.6 is 0 Å². The molecule has 0 heterocycles. The van der Waals surface area contributed by atoms with Gasteiger partial charge in [0.05, 0.1) is 25.4 Å². The fourth-order valence-electron chi connectivity index (χ4n) is 9.58. The lowest BCUT2D eigenvalue weighted by molar-refractivity contribution is -0.143. The molecule has 0 rings (SSSR count). The quantitative estimate of drug-likeness (QED) is 0.0417. The molecule has 0 aliphatic rings. The highest BCUT2D eigenvalue weighted by atomic mass is 16.5. The molecule has 0 aliphatic heterocycles. The lowest BCUT2D eigenvalue weighted by atomic mass is 10.0. The minimum Gasteiger partial charge on any atom is -0.466 e. The number of esters is 1. The summed E-state index contributed by atoms with van der Waals surface area (Å²) in [6, 6.07) is -0.547. The van der Waals surface area contributed by atoms with Crippen molar-refractivity contribution in [3.05, 3.63) is 0 Å². The van der Waals surface area contributed by atoms with E-state index in [2.05, 4.69) is 19.2 Å². The van der Waals surface area contributed by atoms with E-state index < -0.39 is 12.1 Å². The molecule has 0 saturated heterocycles. The maximum absolute atomic E-state index is 12.5. The van der Waals surface area contributed by atoms with Crippen LogP contribution in [0.15, 0.2) is 0 Å². The Kier molecular flexibility index (Phi) is 54.5. The van der Waals surface area contributed by atoms with Crippen molar-refractivity contribution in [1.29, 1.82) is 0 Å². The van der Waals surface area contributed by atoms with E-state index in [1.165, 1.54) is 263 Å². The second-order valence-electron chi connectivity index (χ2n) is 20.7. The number of aliphatic hydroxyl groups excluding tert-OH is 2. The average molecular weight is 921 g/mol. The predicted octanol–water partition coefficient (Wildman–Crippen LogP) is 18.3. The van der Waals surface area contributed by atoms with Gasteiger partial charge in [-0.1, -0.05) is 303 Å². The third-order valence-electron chi connectivity index (χ3n) is 14.2. The number of amides is 1. The normalized spacial score (nSPS) is 12.5. The summed E-state index contributed by atoms with van der Waals surface area (Å²) in [5.41, 5.74) is 0. The smallest absolute Gasteiger partial charge is 0.305 e. The van der Waals surface area contributed by atoms with Crippen LogP contribution in [0, 0.1) is 0 Å². The van der Waals surface area contributed by atoms with Crippen LogP contribution in [0.1, 0.15) is 341 Å². The third kappa shape index (κ3) is 52.1. The molecule has 0 spiro atoms. The number of nitrogens with one attached hydrogen (secondary N) is 1. The van der Waals surface area contributed by atoms with Gasteiger partial charge in [-0.15, -0.1) is 0 Å². The van der Waals surface area contributed by atoms with Gasteiger partial charge in [0.2, 0.25) is 5.91 Å². The van der Waals surface area contributed by atoms with Crippen molar-refractivity contribution in [1.82, 2.24) is 5.32 Å². The Bertz CT molecular complexity index is 928. The lowest BCUT2D eigenvalue weighted by Gasteiger charge is -2.22. The molecule has 2 unspecified atom stereocenters. The molecule has 6 nitrogen and oxygen atoms in total. The van der Waals surface area contributed by atoms with E-state index in [1.54, 1.807) is 0 Å². The second-order valence-corrected chi connectivity index (χ2v) is 20.7. The molecular formula is C59H117NO5. The zero-order chi connectivity index (χ0) is 47.2. The molecule has 2 atom stereocenters. The summed E-state index contributed by atoms with van der Waals surface area (Å²) in [5.74, 6) is -0.0357. The number of hydrogen-bond donors (Lipinski definition) is 3. The van der Waals surface area contributed by atoms with Crippen LogP contribution in [-0.4, -0.2) is 47.4 Å². The zero-order valence-corrected chi connectivity index (χ0v) is 44.3. The molecule has 0 bridgehead atoms. The van der Waals surface area contributed by atoms with Crippen molar-refractivity contribution in [2.75, 3.05) is 13.2 Å². The summed E-state index contributed by atoms with van der Waals surface area (Å²) < 4.78 is 5.47. The molecule has 0 aromatic carbocycles. The first-order chi connectivity index (χ1) is 32.0. The van der Waals surface area contributed by atoms with Crippen LogP contribution < -0.4 is 5.32 Å². The van der Waals surface area contributed by atoms with Gasteiger partial charge in [0.15, 0.2) is 0 Å². The molecule has 65 heavy (non-hydrogen) atoms. The second kappa shape index (κ2) is 55.5. The number of rotatable bonds is 56. The van der Waals surface area contributed by atoms with Gasteiger partial charge >= 0.3 is 5.97 Å². The molecule has 0 aliphatic carbocycles. The first-order valence-electron chi connectivity index (χ1n) is 29.8. The number of unbranched alkanes of at least 4 members (excludes halogenated alkanes) is 45. The Hall–Kier alpha value is -1.14. The Morgan fingerprint density at radius 3 is 0.938 bits per heavy atom. The van der Waals surface area contributed by atoms with Gasteiger partial charge in [-0.05, 0) is 25.7 Å². The van der Waals surface area contributed by atoms with Gasteiger partial charge in [0.25, 0.3) is 0 Å². The largest absolute Gasteiger partial charge is 0.466 e. The minimum atomic E-state index is -0.669. The maximum atomic E-state index is 12.5. The molecule has 0 saturated carbocycles. The summed E-state index contributed by atoms with van der Waals surface area (Å²) in [5, 5.41) is 23.3. The first kappa shape index (κ1) is 63.9. The standard InChI is InChI=1S/C59H117NO5/c1-3-5-7-9-11-13-15-17-18-19-20-21-22-24-28-31-35-39-43-47-51-57(62)56(55-61)60-58(63)52-48-44-40-36-32-29-25-23-26-30-34-38-42-46-50-54-65-59(64)53-49-45-41-37-33-27-16-14-12-10-8-6-4-2/h56-57,61-62H,3-55H2,1-2H3,(H,60,63). The summed E-state index contributed by atoms with van der Waals surface area (Å²) in [6.45, 7) is 4.97. The molecule has 3 N–H and O–H groups in total. The summed E-state index contributed by atoms with van der Waals surface area (Å²) in [4.78, 5) is 24.5. The van der Waals surface area contributed by atoms with Gasteiger partial charge in [-0.3, -0.25) is 9.59 Å². The highest BCUT2D eigenvalue weighted by Gasteiger charge is 2.20. The summed E-state index contributed by atoms with van der Waals surface area (Å²) in [7, 11) is 0. The fraction of sp³-hybridized carbons (Fsp3) is 0.966. The Labute approximate surface area is 406 Å². The van der Waals surface area contributed by atoms with Crippen molar-refractivity contribution < 1.29 is 24.5 Å². The van der Waals surface area contributed by atoms with Crippen molar-refractivity contribution in [2.45, 2.75) is 353 Å². The van der Waals surface area contributed by atoms with Crippen LogP contribution in [0.4, 0.5) is 0 Å². The van der Waals surface area contributed by atoms with E-state index in [1.807, 2.05) is 0 Å². The first-order valence-corrected chi connectivity index (χ1v) is 29.8. The average Bonchev–Trinajstić information content (AvgIpc) is 3.31. The Morgan fingerprint density at radius 1 is 0.369 bits per heavy atom. The molecule has 6 heteroatoms. The van der Waals surface area contributed by atoms with Crippen LogP contribution in [0.25, 0.3) is 0 Å². The molecule has 388 valence electrons. The van der Waals surface area contributed by atoms with E-state index >= 15 is 0 Å². The number of aliphatic hydroxyl groups is 2. The summed E-state index contributed by atoms with van der Waals surface area (Å²) >= 11 is 0. The third-order valence-corrected chi connectivity index (χ3v) is 14.2. The van der Waals surface area contributed by atoms with E-state index in [0.717, 1.165) is 44.9 Å². The molecule has 0 radical (unpaired) electrons. The van der Waals surface area contributed by atoms with Gasteiger partial charge in [0, 0.05) is 12.8 Å².